The molecule has 22 heavy (non-hydrogen) atoms. The lowest BCUT2D eigenvalue weighted by molar-refractivity contribution is 0.253. The van der Waals surface area contributed by atoms with Crippen LogP contribution >= 0.6 is 11.6 Å². The first-order valence-electron chi connectivity index (χ1n) is 7.60. The normalized spacial score (nSPS) is 16.9. The van der Waals surface area contributed by atoms with Gasteiger partial charge < -0.3 is 9.88 Å². The molecule has 2 heterocycles. The van der Waals surface area contributed by atoms with Gasteiger partial charge in [0.15, 0.2) is 0 Å². The van der Waals surface area contributed by atoms with Crippen LogP contribution in [-0.4, -0.2) is 35.0 Å². The van der Waals surface area contributed by atoms with Crippen molar-refractivity contribution in [3.8, 4) is 11.4 Å². The van der Waals surface area contributed by atoms with Gasteiger partial charge in [-0.15, -0.1) is 0 Å². The molecule has 0 unspecified atom stereocenters. The van der Waals surface area contributed by atoms with Crippen molar-refractivity contribution in [2.75, 3.05) is 20.1 Å². The molecule has 1 N–H and O–H groups in total. The van der Waals surface area contributed by atoms with E-state index >= 15 is 0 Å². The number of likely N-dealkylation sites (tertiary alicyclic amines) is 1. The molecule has 1 aromatic carbocycles. The van der Waals surface area contributed by atoms with Gasteiger partial charge in [-0.2, -0.15) is 0 Å². The Bertz CT molecular complexity index is 733. The van der Waals surface area contributed by atoms with Crippen LogP contribution in [0, 0.1) is 6.92 Å². The molecule has 5 heteroatoms. The molecule has 0 bridgehead atoms. The van der Waals surface area contributed by atoms with Gasteiger partial charge >= 0.3 is 0 Å². The van der Waals surface area contributed by atoms with Gasteiger partial charge in [-0.1, -0.05) is 23.7 Å². The second kappa shape index (κ2) is 6.23. The summed E-state index contributed by atoms with van der Waals surface area (Å²) < 4.78 is 0. The minimum Gasteiger partial charge on any atom is -0.307 e. The second-order valence-electron chi connectivity index (χ2n) is 6.01. The molecular formula is C17H20ClN3O. The van der Waals surface area contributed by atoms with E-state index in [0.29, 0.717) is 16.8 Å². The molecule has 0 atom stereocenters. The lowest BCUT2D eigenvalue weighted by atomic mass is 9.93. The zero-order chi connectivity index (χ0) is 15.7. The van der Waals surface area contributed by atoms with E-state index in [1.165, 1.54) is 0 Å². The minimum atomic E-state index is -0.0988. The summed E-state index contributed by atoms with van der Waals surface area (Å²) in [5.41, 5.74) is 2.62. The number of H-pyrrole nitrogens is 1. The first-order valence-corrected chi connectivity index (χ1v) is 7.97. The highest BCUT2D eigenvalue weighted by Gasteiger charge is 2.21. The molecule has 1 aliphatic rings. The molecule has 0 amide bonds. The number of hydrogen-bond donors (Lipinski definition) is 1. The Morgan fingerprint density at radius 1 is 1.32 bits per heavy atom. The molecule has 1 fully saturated rings. The van der Waals surface area contributed by atoms with E-state index in [1.54, 1.807) is 6.07 Å². The highest BCUT2D eigenvalue weighted by atomic mass is 35.5. The number of aromatic nitrogens is 2. The highest BCUT2D eigenvalue weighted by Crippen LogP contribution is 2.29. The molecule has 0 spiro atoms. The summed E-state index contributed by atoms with van der Waals surface area (Å²) in [4.78, 5) is 21.9. The predicted octanol–water partition coefficient (Wildman–Crippen LogP) is 3.21. The van der Waals surface area contributed by atoms with Gasteiger partial charge in [-0.05, 0) is 51.5 Å². The zero-order valence-corrected chi connectivity index (χ0v) is 13.7. The van der Waals surface area contributed by atoms with Crippen molar-refractivity contribution in [3.63, 3.8) is 0 Å². The van der Waals surface area contributed by atoms with E-state index < -0.39 is 0 Å². The van der Waals surface area contributed by atoms with Gasteiger partial charge in [0.1, 0.15) is 5.82 Å². The van der Waals surface area contributed by atoms with Gasteiger partial charge in [0.25, 0.3) is 5.56 Å². The lowest BCUT2D eigenvalue weighted by Crippen LogP contribution is -2.30. The Morgan fingerprint density at radius 2 is 2.05 bits per heavy atom. The molecule has 3 rings (SSSR count). The van der Waals surface area contributed by atoms with E-state index in [0.717, 1.165) is 42.8 Å². The molecule has 0 radical (unpaired) electrons. The Kier molecular flexibility index (Phi) is 4.32. The fourth-order valence-corrected chi connectivity index (χ4v) is 3.16. The molecular weight excluding hydrogens is 298 g/mol. The molecule has 1 saturated heterocycles. The number of benzene rings is 1. The van der Waals surface area contributed by atoms with Gasteiger partial charge in [-0.3, -0.25) is 4.79 Å². The quantitative estimate of drug-likeness (QED) is 0.925. The van der Waals surface area contributed by atoms with Crippen molar-refractivity contribution in [2.24, 2.45) is 0 Å². The summed E-state index contributed by atoms with van der Waals surface area (Å²) in [6, 6.07) is 7.31. The van der Waals surface area contributed by atoms with Gasteiger partial charge in [0.2, 0.25) is 0 Å². The van der Waals surface area contributed by atoms with Crippen LogP contribution in [-0.2, 0) is 0 Å². The Labute approximate surface area is 135 Å². The van der Waals surface area contributed by atoms with Crippen LogP contribution in [0.3, 0.4) is 0 Å². The van der Waals surface area contributed by atoms with Crippen molar-refractivity contribution >= 4 is 11.6 Å². The van der Waals surface area contributed by atoms with Crippen LogP contribution < -0.4 is 5.56 Å². The van der Waals surface area contributed by atoms with Crippen molar-refractivity contribution in [3.05, 3.63) is 50.9 Å². The number of piperidine rings is 1. The predicted molar refractivity (Wildman–Crippen MR) is 89.5 cm³/mol. The summed E-state index contributed by atoms with van der Waals surface area (Å²) in [5.74, 6) is 0.971. The van der Waals surface area contributed by atoms with Crippen molar-refractivity contribution in [1.29, 1.82) is 0 Å². The fourth-order valence-electron chi connectivity index (χ4n) is 2.98. The maximum Gasteiger partial charge on any atom is 0.251 e. The van der Waals surface area contributed by atoms with Crippen LogP contribution in [0.1, 0.15) is 30.0 Å². The van der Waals surface area contributed by atoms with Crippen LogP contribution in [0.25, 0.3) is 11.4 Å². The van der Waals surface area contributed by atoms with Crippen LogP contribution in [0.4, 0.5) is 0 Å². The van der Waals surface area contributed by atoms with E-state index in [1.807, 2.05) is 25.1 Å². The monoisotopic (exact) mass is 317 g/mol. The standard InChI is InChI=1S/C17H20ClN3O/c1-11-13(4-3-5-14(11)18)17-19-15(10-16(22)20-17)12-6-8-21(2)9-7-12/h3-5,10,12H,6-9H2,1-2H3,(H,19,20,22). The largest absolute Gasteiger partial charge is 0.307 e. The zero-order valence-electron chi connectivity index (χ0n) is 12.9. The topological polar surface area (TPSA) is 49.0 Å². The van der Waals surface area contributed by atoms with Gasteiger partial charge in [0, 0.05) is 22.6 Å². The van der Waals surface area contributed by atoms with Crippen LogP contribution in [0.15, 0.2) is 29.1 Å². The lowest BCUT2D eigenvalue weighted by Gasteiger charge is -2.28. The second-order valence-corrected chi connectivity index (χ2v) is 6.42. The maximum absolute atomic E-state index is 12.0. The summed E-state index contributed by atoms with van der Waals surface area (Å²) in [6.07, 6.45) is 2.09. The Hall–Kier alpha value is -1.65. The molecule has 0 aliphatic carbocycles. The average molecular weight is 318 g/mol. The number of nitrogens with one attached hydrogen (secondary N) is 1. The molecule has 1 aliphatic heterocycles. The highest BCUT2D eigenvalue weighted by molar-refractivity contribution is 6.31. The fraction of sp³-hybridized carbons (Fsp3) is 0.412. The number of halogens is 1. The van der Waals surface area contributed by atoms with E-state index in [2.05, 4.69) is 16.9 Å². The average Bonchev–Trinajstić information content (AvgIpc) is 2.50. The Morgan fingerprint density at radius 3 is 2.77 bits per heavy atom. The van der Waals surface area contributed by atoms with Gasteiger partial charge in [-0.25, -0.2) is 4.98 Å². The smallest absolute Gasteiger partial charge is 0.251 e. The van der Waals surface area contributed by atoms with Crippen molar-refractivity contribution < 1.29 is 0 Å². The maximum atomic E-state index is 12.0. The van der Waals surface area contributed by atoms with E-state index in [-0.39, 0.29) is 5.56 Å². The van der Waals surface area contributed by atoms with Crippen molar-refractivity contribution in [1.82, 2.24) is 14.9 Å². The minimum absolute atomic E-state index is 0.0988. The van der Waals surface area contributed by atoms with Crippen LogP contribution in [0.5, 0.6) is 0 Å². The van der Waals surface area contributed by atoms with Crippen LogP contribution in [0.2, 0.25) is 5.02 Å². The van der Waals surface area contributed by atoms with Gasteiger partial charge in [0.05, 0.1) is 5.69 Å². The number of aromatic amines is 1. The first kappa shape index (κ1) is 15.3. The Balaban J connectivity index is 2.00. The third-order valence-electron chi connectivity index (χ3n) is 4.42. The summed E-state index contributed by atoms with van der Waals surface area (Å²) in [7, 11) is 2.13. The number of hydrogen-bond acceptors (Lipinski definition) is 3. The first-order chi connectivity index (χ1) is 10.5. The summed E-state index contributed by atoms with van der Waals surface area (Å²) in [5, 5.41) is 0.685. The van der Waals surface area contributed by atoms with E-state index in [4.69, 9.17) is 16.6 Å². The summed E-state index contributed by atoms with van der Waals surface area (Å²) >= 11 is 6.18. The number of nitrogens with zero attached hydrogens (tertiary/aromatic N) is 2. The molecule has 4 nitrogen and oxygen atoms in total. The molecule has 0 saturated carbocycles. The molecule has 116 valence electrons. The SMILES string of the molecule is Cc1c(Cl)cccc1-c1nc(C2CCN(C)CC2)cc(=O)[nH]1. The number of rotatable bonds is 2. The molecule has 1 aromatic heterocycles. The van der Waals surface area contributed by atoms with E-state index in [9.17, 15) is 4.79 Å². The third-order valence-corrected chi connectivity index (χ3v) is 4.83. The van der Waals surface area contributed by atoms with Crippen molar-refractivity contribution in [2.45, 2.75) is 25.7 Å². The summed E-state index contributed by atoms with van der Waals surface area (Å²) in [6.45, 7) is 4.04. The third kappa shape index (κ3) is 3.08. The molecule has 2 aromatic rings.